The molecule has 0 unspecified atom stereocenters. The zero-order valence-electron chi connectivity index (χ0n) is 20.1. The smallest absolute Gasteiger partial charge is 0.257 e. The number of methoxy groups -OCH3 is 2. The summed E-state index contributed by atoms with van der Waals surface area (Å²) in [6.07, 6.45) is 0.299. The molecule has 10 heteroatoms. The average Bonchev–Trinajstić information content (AvgIpc) is 3.26. The number of hydrogen-bond donors (Lipinski definition) is 1. The zero-order chi connectivity index (χ0) is 24.9. The van der Waals surface area contributed by atoms with Crippen molar-refractivity contribution in [3.63, 3.8) is 0 Å². The molecule has 1 aliphatic heterocycles. The van der Waals surface area contributed by atoms with Crippen molar-refractivity contribution < 1.29 is 19.1 Å². The van der Waals surface area contributed by atoms with E-state index in [0.717, 1.165) is 17.0 Å². The molecule has 1 aliphatic rings. The van der Waals surface area contributed by atoms with E-state index >= 15 is 0 Å². The summed E-state index contributed by atoms with van der Waals surface area (Å²) >= 11 is 5.40. The Bertz CT molecular complexity index is 1280. The van der Waals surface area contributed by atoms with Gasteiger partial charge in [0.05, 0.1) is 19.8 Å². The molecule has 1 aromatic heterocycles. The van der Waals surface area contributed by atoms with Crippen LogP contribution in [0.3, 0.4) is 0 Å². The van der Waals surface area contributed by atoms with Gasteiger partial charge in [-0.2, -0.15) is 5.10 Å². The highest BCUT2D eigenvalue weighted by Gasteiger charge is 2.26. The second-order valence-corrected chi connectivity index (χ2v) is 8.75. The molecule has 3 aromatic rings. The number of carbonyl (C=O) groups is 2. The first-order valence-electron chi connectivity index (χ1n) is 11.4. The van der Waals surface area contributed by atoms with E-state index in [1.165, 1.54) is 7.11 Å². The number of carbonyl (C=O) groups excluding carboxylic acids is 2. The highest BCUT2D eigenvalue weighted by molar-refractivity contribution is 7.71. The van der Waals surface area contributed by atoms with Crippen molar-refractivity contribution in [2.75, 3.05) is 40.4 Å². The number of hydrogen-bond acceptors (Lipinski definition) is 6. The fourth-order valence-corrected chi connectivity index (χ4v) is 4.42. The molecule has 0 atom stereocenters. The van der Waals surface area contributed by atoms with Gasteiger partial charge in [-0.3, -0.25) is 19.3 Å². The molecule has 35 heavy (non-hydrogen) atoms. The predicted octanol–water partition coefficient (Wildman–Crippen LogP) is 3.31. The molecular weight excluding hydrogens is 466 g/mol. The average molecular weight is 496 g/mol. The number of aryl methyl sites for hydroxylation is 1. The second kappa shape index (κ2) is 10.7. The van der Waals surface area contributed by atoms with E-state index in [2.05, 4.69) is 10.2 Å². The zero-order valence-corrected chi connectivity index (χ0v) is 20.9. The van der Waals surface area contributed by atoms with Crippen LogP contribution in [0.1, 0.15) is 22.3 Å². The molecule has 184 valence electrons. The maximum absolute atomic E-state index is 13.0. The summed E-state index contributed by atoms with van der Waals surface area (Å²) in [6.45, 7) is 4.32. The van der Waals surface area contributed by atoms with Gasteiger partial charge in [0.2, 0.25) is 5.91 Å². The lowest BCUT2D eigenvalue weighted by Crippen LogP contribution is -2.50. The van der Waals surface area contributed by atoms with Gasteiger partial charge in [0.15, 0.2) is 10.6 Å². The summed E-state index contributed by atoms with van der Waals surface area (Å²) in [5.74, 6) is 1.71. The molecule has 1 saturated heterocycles. The van der Waals surface area contributed by atoms with E-state index in [1.807, 2.05) is 35.8 Å². The predicted molar refractivity (Wildman–Crippen MR) is 134 cm³/mol. The number of H-pyrrole nitrogens is 1. The maximum Gasteiger partial charge on any atom is 0.257 e. The summed E-state index contributed by atoms with van der Waals surface area (Å²) in [7, 11) is 3.09. The van der Waals surface area contributed by atoms with E-state index in [9.17, 15) is 9.59 Å². The lowest BCUT2D eigenvalue weighted by Gasteiger charge is -2.35. The van der Waals surface area contributed by atoms with Gasteiger partial charge < -0.3 is 19.3 Å². The normalized spacial score (nSPS) is 13.6. The SMILES string of the molecule is COc1ccc(C(=O)N2CCN(C(=O)CCn3c(-c4cccc(C)c4)n[nH]c3=S)CC2)c(OC)c1. The van der Waals surface area contributed by atoms with Gasteiger partial charge in [0, 0.05) is 50.8 Å². The van der Waals surface area contributed by atoms with Crippen LogP contribution in [0.15, 0.2) is 42.5 Å². The van der Waals surface area contributed by atoms with Gasteiger partial charge in [-0.25, -0.2) is 0 Å². The topological polar surface area (TPSA) is 92.7 Å². The molecule has 2 amide bonds. The third-order valence-corrected chi connectivity index (χ3v) is 6.45. The number of aromatic amines is 1. The molecule has 0 bridgehead atoms. The number of benzene rings is 2. The van der Waals surface area contributed by atoms with Crippen LogP contribution in [0.4, 0.5) is 0 Å². The van der Waals surface area contributed by atoms with Crippen LogP contribution in [0.5, 0.6) is 11.5 Å². The summed E-state index contributed by atoms with van der Waals surface area (Å²) in [5.41, 5.74) is 2.55. The summed E-state index contributed by atoms with van der Waals surface area (Å²) < 4.78 is 12.9. The highest BCUT2D eigenvalue weighted by atomic mass is 32.1. The molecule has 2 aromatic carbocycles. The van der Waals surface area contributed by atoms with Crippen molar-refractivity contribution in [2.24, 2.45) is 0 Å². The van der Waals surface area contributed by atoms with Crippen molar-refractivity contribution in [2.45, 2.75) is 19.9 Å². The van der Waals surface area contributed by atoms with Crippen molar-refractivity contribution in [3.8, 4) is 22.9 Å². The second-order valence-electron chi connectivity index (χ2n) is 8.36. The van der Waals surface area contributed by atoms with Gasteiger partial charge in [-0.05, 0) is 37.3 Å². The summed E-state index contributed by atoms with van der Waals surface area (Å²) in [6, 6.07) is 13.1. The van der Waals surface area contributed by atoms with Gasteiger partial charge >= 0.3 is 0 Å². The minimum Gasteiger partial charge on any atom is -0.497 e. The van der Waals surface area contributed by atoms with Crippen LogP contribution < -0.4 is 9.47 Å². The first-order chi connectivity index (χ1) is 16.9. The van der Waals surface area contributed by atoms with Crippen LogP contribution in [0.25, 0.3) is 11.4 Å². The van der Waals surface area contributed by atoms with Crippen molar-refractivity contribution in [3.05, 3.63) is 58.4 Å². The Balaban J connectivity index is 1.36. The van der Waals surface area contributed by atoms with Crippen molar-refractivity contribution in [1.29, 1.82) is 0 Å². The monoisotopic (exact) mass is 495 g/mol. The Morgan fingerprint density at radius 2 is 1.77 bits per heavy atom. The van der Waals surface area contributed by atoms with Crippen LogP contribution in [0, 0.1) is 11.7 Å². The van der Waals surface area contributed by atoms with Crippen molar-refractivity contribution in [1.82, 2.24) is 24.6 Å². The Hall–Kier alpha value is -3.66. The molecule has 0 aliphatic carbocycles. The third kappa shape index (κ3) is 5.37. The van der Waals surface area contributed by atoms with E-state index in [-0.39, 0.29) is 11.8 Å². The lowest BCUT2D eigenvalue weighted by atomic mass is 10.1. The molecule has 0 saturated carbocycles. The Morgan fingerprint density at radius 1 is 1.03 bits per heavy atom. The molecular formula is C25H29N5O4S. The number of nitrogens with one attached hydrogen (secondary N) is 1. The van der Waals surface area contributed by atoms with Crippen LogP contribution in [0.2, 0.25) is 0 Å². The number of piperazine rings is 1. The molecule has 2 heterocycles. The van der Waals surface area contributed by atoms with E-state index in [0.29, 0.717) is 61.0 Å². The Labute approximate surface area is 209 Å². The van der Waals surface area contributed by atoms with E-state index < -0.39 is 0 Å². The van der Waals surface area contributed by atoms with Gasteiger partial charge in [-0.1, -0.05) is 23.8 Å². The fraction of sp³-hybridized carbons (Fsp3) is 0.360. The number of rotatable bonds is 7. The molecule has 4 rings (SSSR count). The molecule has 9 nitrogen and oxygen atoms in total. The van der Waals surface area contributed by atoms with E-state index in [1.54, 1.807) is 35.1 Å². The maximum atomic E-state index is 13.0. The first-order valence-corrected chi connectivity index (χ1v) is 11.8. The Morgan fingerprint density at radius 3 is 2.46 bits per heavy atom. The largest absolute Gasteiger partial charge is 0.497 e. The van der Waals surface area contributed by atoms with E-state index in [4.69, 9.17) is 21.7 Å². The van der Waals surface area contributed by atoms with Gasteiger partial charge in [-0.15, -0.1) is 0 Å². The molecule has 1 fully saturated rings. The molecule has 0 radical (unpaired) electrons. The minimum absolute atomic E-state index is 0.0254. The summed E-state index contributed by atoms with van der Waals surface area (Å²) in [4.78, 5) is 29.5. The molecule has 1 N–H and O–H groups in total. The standard InChI is InChI=1S/C25H29N5O4S/c1-17-5-4-6-18(15-17)23-26-27-25(35)30(23)10-9-22(31)28-11-13-29(14-12-28)24(32)20-8-7-19(33-2)16-21(20)34-3/h4-8,15-16H,9-14H2,1-3H3,(H,27,35). The van der Waals surface area contributed by atoms with Crippen molar-refractivity contribution >= 4 is 24.0 Å². The van der Waals surface area contributed by atoms with Gasteiger partial charge in [0.1, 0.15) is 11.5 Å². The number of amides is 2. The fourth-order valence-electron chi connectivity index (χ4n) is 4.20. The first kappa shape index (κ1) is 24.5. The number of nitrogens with zero attached hydrogens (tertiary/aromatic N) is 4. The quantitative estimate of drug-likeness (QED) is 0.506. The minimum atomic E-state index is -0.121. The lowest BCUT2D eigenvalue weighted by molar-refractivity contribution is -0.132. The van der Waals surface area contributed by atoms with Gasteiger partial charge in [0.25, 0.3) is 5.91 Å². The van der Waals surface area contributed by atoms with Crippen LogP contribution in [-0.2, 0) is 11.3 Å². The summed E-state index contributed by atoms with van der Waals surface area (Å²) in [5, 5.41) is 7.20. The van der Waals surface area contributed by atoms with Crippen LogP contribution >= 0.6 is 12.2 Å². The highest BCUT2D eigenvalue weighted by Crippen LogP contribution is 2.26. The number of ether oxygens (including phenoxy) is 2. The number of aromatic nitrogens is 3. The third-order valence-electron chi connectivity index (χ3n) is 6.14. The molecule has 0 spiro atoms. The Kier molecular flexibility index (Phi) is 7.50. The van der Waals surface area contributed by atoms with Crippen LogP contribution in [-0.4, -0.2) is 76.8 Å².